The molecule has 0 aliphatic carbocycles. The number of phosphoric acid groups is 1. The number of piperidine rings is 3. The molecule has 0 saturated carbocycles. The summed E-state index contributed by atoms with van der Waals surface area (Å²) in [6, 6.07) is 3.39. The van der Waals surface area contributed by atoms with E-state index in [1.807, 2.05) is 6.08 Å². The lowest BCUT2D eigenvalue weighted by Crippen LogP contribution is -2.54. The zero-order valence-corrected chi connectivity index (χ0v) is 16.8. The third-order valence-corrected chi connectivity index (χ3v) is 7.88. The van der Waals surface area contributed by atoms with Crippen molar-refractivity contribution in [1.29, 1.82) is 0 Å². The van der Waals surface area contributed by atoms with Crippen LogP contribution in [0.25, 0.3) is 10.9 Å². The second kappa shape index (κ2) is 5.88. The molecule has 6 heterocycles. The number of phosphoric ester groups is 1. The average molecular weight is 416 g/mol. The monoisotopic (exact) mass is 416 g/mol. The van der Waals surface area contributed by atoms with Gasteiger partial charge in [0.25, 0.3) is 5.88 Å². The number of aromatic nitrogens is 1. The Kier molecular flexibility index (Phi) is 3.56. The molecule has 5 aliphatic heterocycles. The van der Waals surface area contributed by atoms with E-state index in [-0.39, 0.29) is 23.4 Å². The largest absolute Gasteiger partial charge is 0.648 e. The molecule has 7 rings (SSSR count). The van der Waals surface area contributed by atoms with E-state index in [9.17, 15) is 9.67 Å². The smallest absolute Gasteiger partial charge is 0.493 e. The highest BCUT2D eigenvalue weighted by Gasteiger charge is 2.51. The molecule has 5 bridgehead atoms. The van der Waals surface area contributed by atoms with E-state index in [1.54, 1.807) is 12.1 Å². The molecule has 0 spiro atoms. The van der Waals surface area contributed by atoms with Crippen molar-refractivity contribution < 1.29 is 28.0 Å². The van der Waals surface area contributed by atoms with Gasteiger partial charge in [0.05, 0.1) is 24.1 Å². The molecule has 8 nitrogen and oxygen atoms in total. The maximum absolute atomic E-state index is 12.9. The number of aliphatic hydroxyl groups excluding tert-OH is 1. The van der Waals surface area contributed by atoms with Crippen LogP contribution >= 0.6 is 7.82 Å². The van der Waals surface area contributed by atoms with E-state index in [0.29, 0.717) is 34.1 Å². The van der Waals surface area contributed by atoms with Gasteiger partial charge in [-0.15, -0.1) is 6.58 Å². The summed E-state index contributed by atoms with van der Waals surface area (Å²) in [6.07, 6.45) is 3.11. The molecule has 1 aromatic heterocycles. The van der Waals surface area contributed by atoms with Crippen molar-refractivity contribution >= 4 is 18.7 Å². The van der Waals surface area contributed by atoms with Crippen molar-refractivity contribution in [3.05, 3.63) is 30.4 Å². The van der Waals surface area contributed by atoms with Gasteiger partial charge in [0.2, 0.25) is 5.75 Å². The molecule has 3 fully saturated rings. The number of hydrogen-bond donors (Lipinski definition) is 1. The van der Waals surface area contributed by atoms with Crippen molar-refractivity contribution in [2.24, 2.45) is 11.8 Å². The molecule has 0 amide bonds. The average Bonchev–Trinajstić information content (AvgIpc) is 3.00. The first kappa shape index (κ1) is 17.6. The Morgan fingerprint density at radius 2 is 2.21 bits per heavy atom. The third kappa shape index (κ3) is 2.34. The predicted octanol–water partition coefficient (Wildman–Crippen LogP) is 3.44. The van der Waals surface area contributed by atoms with Crippen LogP contribution in [-0.4, -0.2) is 41.2 Å². The third-order valence-electron chi connectivity index (χ3n) is 6.67. The van der Waals surface area contributed by atoms with Gasteiger partial charge in [-0.3, -0.25) is 4.90 Å². The Morgan fingerprint density at radius 1 is 1.38 bits per heavy atom. The SMILES string of the molecule is C=C[C@H]1CN2CC[C@H]1C[C@@H]2[C@@H](O)c1c2c3nc4ccc(OC)c(c14)OP(=O)(O3)O2. The minimum absolute atomic E-state index is 0.0830. The molecule has 3 saturated heterocycles. The Bertz CT molecular complexity index is 1100. The number of methoxy groups -OCH3 is 1. The van der Waals surface area contributed by atoms with Crippen LogP contribution in [0, 0.1) is 11.8 Å². The number of rotatable bonds is 4. The van der Waals surface area contributed by atoms with Gasteiger partial charge in [-0.25, -0.2) is 4.98 Å². The van der Waals surface area contributed by atoms with Crippen LogP contribution in [0.15, 0.2) is 24.8 Å². The summed E-state index contributed by atoms with van der Waals surface area (Å²) in [5.41, 5.74) is 1.09. The molecule has 1 N–H and O–H groups in total. The lowest BCUT2D eigenvalue weighted by Gasteiger charge is -2.50. The highest BCUT2D eigenvalue weighted by Crippen LogP contribution is 2.66. The number of aliphatic hydroxyl groups is 1. The van der Waals surface area contributed by atoms with Gasteiger partial charge in [-0.1, -0.05) is 6.08 Å². The molecule has 1 aromatic carbocycles. The van der Waals surface area contributed by atoms with Crippen molar-refractivity contribution in [3.8, 4) is 23.1 Å². The Morgan fingerprint density at radius 3 is 2.93 bits per heavy atom. The molecular formula is C20H21N2O6P. The lowest BCUT2D eigenvalue weighted by atomic mass is 9.73. The number of pyridine rings is 1. The fourth-order valence-electron chi connectivity index (χ4n) is 5.26. The molecule has 9 heteroatoms. The second-order valence-electron chi connectivity index (χ2n) is 8.06. The van der Waals surface area contributed by atoms with Crippen LogP contribution in [0.4, 0.5) is 0 Å². The van der Waals surface area contributed by atoms with E-state index in [1.165, 1.54) is 7.11 Å². The van der Waals surface area contributed by atoms with Gasteiger partial charge in [-0.05, 0) is 43.4 Å². The zero-order valence-electron chi connectivity index (χ0n) is 15.9. The quantitative estimate of drug-likeness (QED) is 0.599. The molecule has 29 heavy (non-hydrogen) atoms. The number of fused-ring (bicyclic) bond motifs is 4. The van der Waals surface area contributed by atoms with E-state index in [0.717, 1.165) is 25.9 Å². The summed E-state index contributed by atoms with van der Waals surface area (Å²) in [5, 5.41) is 12.1. The maximum Gasteiger partial charge on any atom is 0.648 e. The highest BCUT2D eigenvalue weighted by atomic mass is 31.2. The first-order chi connectivity index (χ1) is 14.0. The number of ether oxygens (including phenoxy) is 1. The van der Waals surface area contributed by atoms with Gasteiger partial charge in [0.15, 0.2) is 11.5 Å². The van der Waals surface area contributed by atoms with Gasteiger partial charge in [0, 0.05) is 18.2 Å². The van der Waals surface area contributed by atoms with Crippen molar-refractivity contribution in [1.82, 2.24) is 9.88 Å². The highest BCUT2D eigenvalue weighted by molar-refractivity contribution is 7.50. The fraction of sp³-hybridized carbons (Fsp3) is 0.450. The zero-order chi connectivity index (χ0) is 19.9. The van der Waals surface area contributed by atoms with Crippen molar-refractivity contribution in [3.63, 3.8) is 0 Å². The molecule has 0 radical (unpaired) electrons. The van der Waals surface area contributed by atoms with Crippen LogP contribution in [0.1, 0.15) is 24.5 Å². The van der Waals surface area contributed by atoms with Gasteiger partial charge in [0.1, 0.15) is 0 Å². The summed E-state index contributed by atoms with van der Waals surface area (Å²) >= 11 is 0. The normalized spacial score (nSPS) is 34.4. The van der Waals surface area contributed by atoms with Crippen molar-refractivity contribution in [2.45, 2.75) is 25.0 Å². The molecule has 5 aliphatic rings. The summed E-state index contributed by atoms with van der Waals surface area (Å²) in [7, 11) is -2.40. The minimum Gasteiger partial charge on any atom is -0.493 e. The summed E-state index contributed by atoms with van der Waals surface area (Å²) < 4.78 is 35.1. The number of benzene rings is 1. The maximum atomic E-state index is 12.9. The first-order valence-corrected chi connectivity index (χ1v) is 11.3. The number of nitrogens with zero attached hydrogens (tertiary/aromatic N) is 2. The van der Waals surface area contributed by atoms with Gasteiger partial charge >= 0.3 is 7.82 Å². The minimum atomic E-state index is -3.90. The lowest BCUT2D eigenvalue weighted by molar-refractivity contribution is -0.0448. The van der Waals surface area contributed by atoms with Gasteiger partial charge in [-0.2, -0.15) is 4.57 Å². The topological polar surface area (TPSA) is 90.4 Å². The molecular weight excluding hydrogens is 395 g/mol. The van der Waals surface area contributed by atoms with Crippen LogP contribution in [0.3, 0.4) is 0 Å². The summed E-state index contributed by atoms with van der Waals surface area (Å²) in [4.78, 5) is 6.75. The van der Waals surface area contributed by atoms with E-state index >= 15 is 0 Å². The van der Waals surface area contributed by atoms with E-state index < -0.39 is 13.9 Å². The molecule has 152 valence electrons. The predicted molar refractivity (Wildman–Crippen MR) is 105 cm³/mol. The second-order valence-corrected chi connectivity index (χ2v) is 9.51. The Balaban J connectivity index is 1.54. The first-order valence-electron chi connectivity index (χ1n) is 9.79. The van der Waals surface area contributed by atoms with E-state index in [4.69, 9.17) is 18.3 Å². The fourth-order valence-corrected chi connectivity index (χ4v) is 6.51. The van der Waals surface area contributed by atoms with Crippen LogP contribution in [-0.2, 0) is 4.57 Å². The van der Waals surface area contributed by atoms with Crippen LogP contribution < -0.4 is 18.3 Å². The molecule has 2 unspecified atom stereocenters. The Labute approximate surface area is 167 Å². The summed E-state index contributed by atoms with van der Waals surface area (Å²) in [6.45, 7) is 5.78. The standard InChI is InChI=1S/C20H21N2O6P/c1-3-10-9-22-7-6-11(10)8-13(22)17(23)16-15-12-4-5-14(25-2)18(15)26-29(24)27-19(16)20(21-12)28-29/h3-5,10-11,13,17,23H,1,6-9H2,2H3/t10-,11-,13+,17+,29?/m0/s1. The molecule has 2 aromatic rings. The van der Waals surface area contributed by atoms with Crippen LogP contribution in [0.2, 0.25) is 0 Å². The van der Waals surface area contributed by atoms with Crippen LogP contribution in [0.5, 0.6) is 23.1 Å². The van der Waals surface area contributed by atoms with E-state index in [2.05, 4.69) is 16.5 Å². The number of hydrogen-bond acceptors (Lipinski definition) is 8. The molecule has 6 atom stereocenters. The van der Waals surface area contributed by atoms with Gasteiger partial charge < -0.3 is 23.4 Å². The summed E-state index contributed by atoms with van der Waals surface area (Å²) in [5.74, 6) is 1.88. The van der Waals surface area contributed by atoms with Crippen molar-refractivity contribution in [2.75, 3.05) is 20.2 Å². The Hall–Kier alpha value is -2.28.